The zero-order valence-electron chi connectivity index (χ0n) is 20.1. The van der Waals surface area contributed by atoms with E-state index in [9.17, 15) is 9.59 Å². The van der Waals surface area contributed by atoms with Gasteiger partial charge in [0.2, 0.25) is 17.6 Å². The van der Waals surface area contributed by atoms with E-state index in [1.165, 1.54) is 18.5 Å². The van der Waals surface area contributed by atoms with Gasteiger partial charge in [-0.3, -0.25) is 14.6 Å². The molecule has 3 aromatic heterocycles. The molecular formula is C26H23ClN8O3. The maximum absolute atomic E-state index is 12.9. The summed E-state index contributed by atoms with van der Waals surface area (Å²) in [5.74, 6) is 0.845. The van der Waals surface area contributed by atoms with Crippen LogP contribution < -0.4 is 16.0 Å². The topological polar surface area (TPSA) is 138 Å². The molecule has 0 spiro atoms. The second-order valence-electron chi connectivity index (χ2n) is 9.30. The molecule has 0 saturated carbocycles. The fourth-order valence-electron chi connectivity index (χ4n) is 4.56. The Hall–Kier alpha value is -4.51. The van der Waals surface area contributed by atoms with Gasteiger partial charge in [0.25, 0.3) is 5.91 Å². The van der Waals surface area contributed by atoms with Crippen molar-refractivity contribution in [1.29, 1.82) is 0 Å². The second kappa shape index (κ2) is 10.1. The summed E-state index contributed by atoms with van der Waals surface area (Å²) in [6.07, 6.45) is 8.21. The fourth-order valence-corrected chi connectivity index (χ4v) is 4.70. The molecule has 3 N–H and O–H groups in total. The average molecular weight is 531 g/mol. The van der Waals surface area contributed by atoms with Crippen LogP contribution in [0.2, 0.25) is 5.02 Å². The summed E-state index contributed by atoms with van der Waals surface area (Å²) in [5.41, 5.74) is 4.29. The number of halogens is 1. The molecule has 1 fully saturated rings. The quantitative estimate of drug-likeness (QED) is 0.354. The molecule has 0 unspecified atom stereocenters. The Morgan fingerprint density at radius 1 is 1.08 bits per heavy atom. The molecule has 192 valence electrons. The van der Waals surface area contributed by atoms with Crippen molar-refractivity contribution in [2.45, 2.75) is 19.3 Å². The van der Waals surface area contributed by atoms with Gasteiger partial charge in [0.1, 0.15) is 5.02 Å². The summed E-state index contributed by atoms with van der Waals surface area (Å²) >= 11 is 6.34. The molecule has 0 aliphatic carbocycles. The molecule has 0 radical (unpaired) electrons. The number of carbonyl (C=O) groups is 2. The average Bonchev–Trinajstić information content (AvgIpc) is 3.43. The predicted molar refractivity (Wildman–Crippen MR) is 141 cm³/mol. The highest BCUT2D eigenvalue weighted by Gasteiger charge is 2.34. The largest absolute Gasteiger partial charge is 0.351 e. The van der Waals surface area contributed by atoms with Crippen molar-refractivity contribution in [3.05, 3.63) is 77.0 Å². The molecule has 2 aliphatic heterocycles. The minimum atomic E-state index is -0.210. The van der Waals surface area contributed by atoms with Crippen LogP contribution in [0, 0.1) is 5.92 Å². The first-order chi connectivity index (χ1) is 18.5. The highest BCUT2D eigenvalue weighted by atomic mass is 35.5. The Morgan fingerprint density at radius 2 is 1.97 bits per heavy atom. The molecule has 0 atom stereocenters. The molecule has 5 heterocycles. The fraction of sp³-hybridized carbons (Fsp3) is 0.231. The second-order valence-corrected chi connectivity index (χ2v) is 9.71. The van der Waals surface area contributed by atoms with Crippen LogP contribution in [0.25, 0.3) is 0 Å². The number of rotatable bonds is 4. The van der Waals surface area contributed by atoms with Crippen molar-refractivity contribution in [1.82, 2.24) is 25.0 Å². The van der Waals surface area contributed by atoms with E-state index in [4.69, 9.17) is 16.1 Å². The number of amides is 2. The minimum Gasteiger partial charge on any atom is -0.351 e. The standard InChI is InChI=1S/C26H23ClN8O3/c27-20-12-29-26-32-19-7-15(10-28-11-19)1-2-17-9-18(31-24(20)34-26)3-4-21(17)33-23(36)8-16-13-35(14-16)25(37)22-5-6-30-38-22/h3-7,9-12,16H,1-2,8,13-14H2,(H,33,36)(H2,29,31,32,34). The molecule has 1 saturated heterocycles. The summed E-state index contributed by atoms with van der Waals surface area (Å²) in [7, 11) is 0. The zero-order valence-corrected chi connectivity index (χ0v) is 20.9. The van der Waals surface area contributed by atoms with Crippen LogP contribution in [-0.4, -0.2) is 49.9 Å². The lowest BCUT2D eigenvalue weighted by Crippen LogP contribution is -2.50. The molecule has 1 aromatic carbocycles. The van der Waals surface area contributed by atoms with Gasteiger partial charge in [-0.2, -0.15) is 4.98 Å². The van der Waals surface area contributed by atoms with Gasteiger partial charge >= 0.3 is 0 Å². The number of aromatic nitrogens is 4. The highest BCUT2D eigenvalue weighted by molar-refractivity contribution is 6.32. The molecule has 6 rings (SSSR count). The number of aryl methyl sites for hydroxylation is 2. The lowest BCUT2D eigenvalue weighted by molar-refractivity contribution is -0.118. The first-order valence-corrected chi connectivity index (χ1v) is 12.5. The van der Waals surface area contributed by atoms with Crippen molar-refractivity contribution in [3.8, 4) is 0 Å². The van der Waals surface area contributed by atoms with Gasteiger partial charge in [-0.1, -0.05) is 16.8 Å². The van der Waals surface area contributed by atoms with E-state index in [0.29, 0.717) is 42.7 Å². The van der Waals surface area contributed by atoms with Crippen LogP contribution in [-0.2, 0) is 17.6 Å². The van der Waals surface area contributed by atoms with Crippen LogP contribution in [0.3, 0.4) is 0 Å². The molecule has 2 amide bonds. The smallest absolute Gasteiger partial charge is 0.292 e. The van der Waals surface area contributed by atoms with E-state index in [0.717, 1.165) is 34.6 Å². The van der Waals surface area contributed by atoms with Crippen molar-refractivity contribution in [2.24, 2.45) is 5.92 Å². The first-order valence-electron chi connectivity index (χ1n) is 12.1. The van der Waals surface area contributed by atoms with E-state index in [2.05, 4.69) is 36.1 Å². The van der Waals surface area contributed by atoms with Crippen molar-refractivity contribution < 1.29 is 14.1 Å². The molecule has 6 bridgehead atoms. The molecule has 38 heavy (non-hydrogen) atoms. The Balaban J connectivity index is 1.18. The van der Waals surface area contributed by atoms with Crippen LogP contribution in [0.5, 0.6) is 0 Å². The highest BCUT2D eigenvalue weighted by Crippen LogP contribution is 2.30. The molecule has 4 aromatic rings. The number of nitrogens with zero attached hydrogens (tertiary/aromatic N) is 5. The predicted octanol–water partition coefficient (Wildman–Crippen LogP) is 4.20. The number of benzene rings is 1. The van der Waals surface area contributed by atoms with Gasteiger partial charge in [0.05, 0.1) is 24.3 Å². The maximum Gasteiger partial charge on any atom is 0.292 e. The number of pyridine rings is 1. The third-order valence-corrected chi connectivity index (χ3v) is 6.76. The summed E-state index contributed by atoms with van der Waals surface area (Å²) in [6, 6.07) is 9.26. The van der Waals surface area contributed by atoms with Gasteiger partial charge < -0.3 is 25.4 Å². The molecule has 2 aliphatic rings. The Bertz CT molecular complexity index is 1500. The van der Waals surface area contributed by atoms with Gasteiger partial charge in [-0.25, -0.2) is 4.98 Å². The monoisotopic (exact) mass is 530 g/mol. The Kier molecular flexibility index (Phi) is 6.34. The molecular weight excluding hydrogens is 508 g/mol. The molecule has 11 nitrogen and oxygen atoms in total. The van der Waals surface area contributed by atoms with Crippen molar-refractivity contribution in [2.75, 3.05) is 29.0 Å². The number of nitrogens with one attached hydrogen (secondary N) is 3. The van der Waals surface area contributed by atoms with Gasteiger partial charge in [0, 0.05) is 49.1 Å². The number of fused-ring (bicyclic) bond motifs is 6. The summed E-state index contributed by atoms with van der Waals surface area (Å²) < 4.78 is 4.93. The number of hydrogen-bond donors (Lipinski definition) is 3. The number of anilines is 5. The van der Waals surface area contributed by atoms with E-state index in [1.54, 1.807) is 11.1 Å². The SMILES string of the molecule is O=C(CC1CN(C(=O)c2ccno2)C1)Nc1ccc2cc1CCc1cncc(c1)Nc1ncc(Cl)c(n1)N2. The third kappa shape index (κ3) is 5.14. The van der Waals surface area contributed by atoms with Crippen LogP contribution in [0.4, 0.5) is 28.8 Å². The molecule has 12 heteroatoms. The van der Waals surface area contributed by atoms with E-state index >= 15 is 0 Å². The zero-order chi connectivity index (χ0) is 26.1. The van der Waals surface area contributed by atoms with Gasteiger partial charge in [0.15, 0.2) is 5.82 Å². The van der Waals surface area contributed by atoms with E-state index in [1.807, 2.05) is 30.5 Å². The normalized spacial score (nSPS) is 14.6. The Labute approximate surface area is 222 Å². The van der Waals surface area contributed by atoms with Crippen LogP contribution in [0.1, 0.15) is 28.1 Å². The lowest BCUT2D eigenvalue weighted by Gasteiger charge is -2.38. The van der Waals surface area contributed by atoms with Gasteiger partial charge in [-0.15, -0.1) is 0 Å². The lowest BCUT2D eigenvalue weighted by atomic mass is 9.95. The van der Waals surface area contributed by atoms with Crippen molar-refractivity contribution in [3.63, 3.8) is 0 Å². The first kappa shape index (κ1) is 23.9. The Morgan fingerprint density at radius 3 is 2.82 bits per heavy atom. The number of carbonyl (C=O) groups excluding carboxylic acids is 2. The minimum absolute atomic E-state index is 0.0864. The van der Waals surface area contributed by atoms with E-state index in [-0.39, 0.29) is 23.5 Å². The van der Waals surface area contributed by atoms with E-state index < -0.39 is 0 Å². The van der Waals surface area contributed by atoms with Crippen molar-refractivity contribution >= 4 is 52.2 Å². The van der Waals surface area contributed by atoms with Crippen LogP contribution >= 0.6 is 11.6 Å². The summed E-state index contributed by atoms with van der Waals surface area (Å²) in [4.78, 5) is 40.0. The maximum atomic E-state index is 12.9. The number of likely N-dealkylation sites (tertiary alicyclic amines) is 1. The summed E-state index contributed by atoms with van der Waals surface area (Å²) in [6.45, 7) is 1.00. The third-order valence-electron chi connectivity index (χ3n) is 6.49. The van der Waals surface area contributed by atoms with Gasteiger partial charge in [-0.05, 0) is 48.2 Å². The number of hydrogen-bond acceptors (Lipinski definition) is 9. The summed E-state index contributed by atoms with van der Waals surface area (Å²) in [5, 5.41) is 13.4. The van der Waals surface area contributed by atoms with Crippen LogP contribution in [0.15, 0.2) is 59.6 Å².